The fourth-order valence-electron chi connectivity index (χ4n) is 1.77. The zero-order valence-electron chi connectivity index (χ0n) is 11.7. The van der Waals surface area contributed by atoms with Crippen molar-refractivity contribution in [3.63, 3.8) is 0 Å². The van der Waals surface area contributed by atoms with Gasteiger partial charge in [-0.2, -0.15) is 5.26 Å². The number of allylic oxidation sites excluding steroid dienone is 2. The van der Waals surface area contributed by atoms with Crippen LogP contribution in [0.3, 0.4) is 0 Å². The fraction of sp³-hybridized carbons (Fsp3) is 0.500. The van der Waals surface area contributed by atoms with Crippen LogP contribution in [-0.2, 0) is 4.74 Å². The van der Waals surface area contributed by atoms with Crippen molar-refractivity contribution in [2.24, 2.45) is 10.9 Å². The highest BCUT2D eigenvalue weighted by Gasteiger charge is 2.41. The van der Waals surface area contributed by atoms with Crippen LogP contribution in [0.25, 0.3) is 0 Å². The second kappa shape index (κ2) is 7.76. The van der Waals surface area contributed by atoms with Gasteiger partial charge in [0.25, 0.3) is 0 Å². The first-order valence-corrected chi connectivity index (χ1v) is 7.99. The van der Waals surface area contributed by atoms with Gasteiger partial charge in [0.05, 0.1) is 11.6 Å². The summed E-state index contributed by atoms with van der Waals surface area (Å²) in [6.07, 6.45) is 4.27. The predicted octanol–water partition coefficient (Wildman–Crippen LogP) is 4.39. The van der Waals surface area contributed by atoms with Crippen molar-refractivity contribution in [2.45, 2.75) is 37.2 Å². The lowest BCUT2D eigenvalue weighted by Crippen LogP contribution is -2.39. The molecular weight excluding hydrogens is 404 g/mol. The van der Waals surface area contributed by atoms with Crippen LogP contribution in [0.1, 0.15) is 26.7 Å². The Morgan fingerprint density at radius 2 is 2.38 bits per heavy atom. The van der Waals surface area contributed by atoms with Crippen molar-refractivity contribution in [2.75, 3.05) is 0 Å². The van der Waals surface area contributed by atoms with Crippen LogP contribution in [0.5, 0.6) is 0 Å². The molecule has 0 aromatic heterocycles. The first-order valence-electron chi connectivity index (χ1n) is 6.40. The summed E-state index contributed by atoms with van der Waals surface area (Å²) in [5.74, 6) is 0.553. The molecule has 0 aromatic rings. The summed E-state index contributed by atoms with van der Waals surface area (Å²) >= 11 is 6.64. The Morgan fingerprint density at radius 1 is 1.71 bits per heavy atom. The summed E-state index contributed by atoms with van der Waals surface area (Å²) in [6, 6.07) is 2.02. The molecule has 114 valence electrons. The second-order valence-corrected chi connectivity index (χ2v) is 7.20. The molecule has 0 aliphatic heterocycles. The Hall–Kier alpha value is -1.13. The summed E-state index contributed by atoms with van der Waals surface area (Å²) < 4.78 is 4.21. The van der Waals surface area contributed by atoms with Gasteiger partial charge in [0, 0.05) is 10.7 Å². The fourth-order valence-corrected chi connectivity index (χ4v) is 3.50. The number of rotatable bonds is 5. The van der Waals surface area contributed by atoms with Crippen LogP contribution in [0.4, 0.5) is 4.79 Å². The Labute approximate surface area is 140 Å². The van der Waals surface area contributed by atoms with Gasteiger partial charge in [0.1, 0.15) is 0 Å². The molecule has 1 N–H and O–H groups in total. The lowest BCUT2D eigenvalue weighted by molar-refractivity contribution is 0.0604. The summed E-state index contributed by atoms with van der Waals surface area (Å²) in [7, 11) is 0. The highest BCUT2D eigenvalue weighted by Crippen LogP contribution is 2.40. The van der Waals surface area contributed by atoms with Gasteiger partial charge in [-0.05, 0) is 30.9 Å². The van der Waals surface area contributed by atoms with Gasteiger partial charge in [-0.15, -0.1) is 0 Å². The number of halogens is 2. The zero-order valence-corrected chi connectivity index (χ0v) is 14.9. The molecule has 0 saturated heterocycles. The third-order valence-corrected chi connectivity index (χ3v) is 4.27. The van der Waals surface area contributed by atoms with Crippen molar-refractivity contribution in [3.8, 4) is 6.07 Å². The molecule has 2 unspecified atom stereocenters. The van der Waals surface area contributed by atoms with E-state index < -0.39 is 16.7 Å². The number of nitriles is 1. The highest BCUT2D eigenvalue weighted by molar-refractivity contribution is 9.12. The van der Waals surface area contributed by atoms with Crippen LogP contribution in [0.15, 0.2) is 27.2 Å². The van der Waals surface area contributed by atoms with Gasteiger partial charge in [0.15, 0.2) is 10.6 Å². The van der Waals surface area contributed by atoms with Gasteiger partial charge in [0.2, 0.25) is 0 Å². The van der Waals surface area contributed by atoms with Gasteiger partial charge < -0.3 is 9.84 Å². The van der Waals surface area contributed by atoms with Gasteiger partial charge in [-0.1, -0.05) is 45.7 Å². The average molecular weight is 420 g/mol. The van der Waals surface area contributed by atoms with Crippen LogP contribution in [0, 0.1) is 17.2 Å². The third kappa shape index (κ3) is 5.29. The monoisotopic (exact) mass is 418 g/mol. The minimum absolute atomic E-state index is 0.380. The molecule has 0 fully saturated rings. The Balaban J connectivity index is 3.00. The lowest BCUT2D eigenvalue weighted by Gasteiger charge is -2.31. The molecular formula is C14H16Br2N2O3. The van der Waals surface area contributed by atoms with Crippen molar-refractivity contribution < 1.29 is 14.6 Å². The predicted molar refractivity (Wildman–Crippen MR) is 87.8 cm³/mol. The van der Waals surface area contributed by atoms with Crippen LogP contribution < -0.4 is 0 Å². The SMILES string of the molecule is CC(C)CCC=NC1(Br)C=C(C#N)C=C(Br)C1OC(=O)O. The van der Waals surface area contributed by atoms with Crippen LogP contribution in [-0.4, -0.2) is 28.0 Å². The minimum atomic E-state index is -1.40. The number of alkyl halides is 1. The molecule has 1 aliphatic carbocycles. The molecule has 1 aliphatic rings. The molecule has 21 heavy (non-hydrogen) atoms. The maximum atomic E-state index is 10.8. The zero-order chi connectivity index (χ0) is 16.0. The van der Waals surface area contributed by atoms with Gasteiger partial charge in [-0.25, -0.2) is 4.79 Å². The van der Waals surface area contributed by atoms with E-state index in [1.807, 2.05) is 6.07 Å². The molecule has 0 spiro atoms. The largest absolute Gasteiger partial charge is 0.506 e. The molecule has 0 bridgehead atoms. The Morgan fingerprint density at radius 3 is 2.90 bits per heavy atom. The normalized spacial score (nSPS) is 25.4. The van der Waals surface area contributed by atoms with Gasteiger partial charge >= 0.3 is 6.16 Å². The van der Waals surface area contributed by atoms with E-state index in [0.29, 0.717) is 16.0 Å². The second-order valence-electron chi connectivity index (χ2n) is 5.01. The Kier molecular flexibility index (Phi) is 6.62. The number of ether oxygens (including phenoxy) is 1. The third-order valence-electron chi connectivity index (χ3n) is 2.78. The lowest BCUT2D eigenvalue weighted by atomic mass is 10.0. The molecule has 5 nitrogen and oxygen atoms in total. The first kappa shape index (κ1) is 17.9. The van der Waals surface area contributed by atoms with Crippen molar-refractivity contribution in [1.82, 2.24) is 0 Å². The van der Waals surface area contributed by atoms with E-state index in [9.17, 15) is 4.79 Å². The van der Waals surface area contributed by atoms with Crippen LogP contribution in [0.2, 0.25) is 0 Å². The maximum absolute atomic E-state index is 10.8. The van der Waals surface area contributed by atoms with Crippen molar-refractivity contribution >= 4 is 44.2 Å². The molecule has 0 heterocycles. The summed E-state index contributed by atoms with van der Waals surface area (Å²) in [5.41, 5.74) is 0.380. The van der Waals surface area contributed by atoms with E-state index in [2.05, 4.69) is 50.7 Å². The molecule has 7 heteroatoms. The van der Waals surface area contributed by atoms with E-state index >= 15 is 0 Å². The van der Waals surface area contributed by atoms with E-state index in [0.717, 1.165) is 12.8 Å². The minimum Gasteiger partial charge on any atom is -0.450 e. The van der Waals surface area contributed by atoms with Crippen molar-refractivity contribution in [1.29, 1.82) is 5.26 Å². The quantitative estimate of drug-likeness (QED) is 0.310. The molecule has 0 amide bonds. The number of hydrogen-bond acceptors (Lipinski definition) is 4. The van der Waals surface area contributed by atoms with E-state index in [1.54, 1.807) is 12.3 Å². The average Bonchev–Trinajstić information content (AvgIpc) is 2.38. The van der Waals surface area contributed by atoms with E-state index in [-0.39, 0.29) is 0 Å². The number of hydrogen-bond donors (Lipinski definition) is 1. The number of nitrogens with zero attached hydrogens (tertiary/aromatic N) is 2. The number of aliphatic imine (C=N–C) groups is 1. The van der Waals surface area contributed by atoms with Crippen molar-refractivity contribution in [3.05, 3.63) is 22.2 Å². The molecule has 0 radical (unpaired) electrons. The molecule has 1 rings (SSSR count). The summed E-state index contributed by atoms with van der Waals surface area (Å²) in [4.78, 5) is 15.2. The topological polar surface area (TPSA) is 82.7 Å². The molecule has 0 aromatic carbocycles. The number of carbonyl (C=O) groups is 1. The first-order chi connectivity index (χ1) is 9.78. The van der Waals surface area contributed by atoms with E-state index in [1.165, 1.54) is 6.08 Å². The Bertz CT molecular complexity index is 535. The van der Waals surface area contributed by atoms with Gasteiger partial charge in [-0.3, -0.25) is 4.99 Å². The van der Waals surface area contributed by atoms with E-state index in [4.69, 9.17) is 15.1 Å². The smallest absolute Gasteiger partial charge is 0.450 e. The standard InChI is InChI=1S/C14H16Br2N2O3/c1-9(2)4-3-5-18-14(16)7-10(8-17)6-11(15)12(14)21-13(19)20/h5-7,9,12H,3-4H2,1-2H3,(H,19,20). The highest BCUT2D eigenvalue weighted by atomic mass is 79.9. The number of carboxylic acid groups (broad SMARTS) is 1. The maximum Gasteiger partial charge on any atom is 0.506 e. The summed E-state index contributed by atoms with van der Waals surface area (Å²) in [6.45, 7) is 4.23. The van der Waals surface area contributed by atoms with Crippen LogP contribution >= 0.6 is 31.9 Å². The molecule has 0 saturated carbocycles. The molecule has 2 atom stereocenters. The summed E-state index contributed by atoms with van der Waals surface area (Å²) in [5, 5.41) is 17.9.